The number of amides is 2. The van der Waals surface area contributed by atoms with Gasteiger partial charge in [0.2, 0.25) is 11.8 Å². The molecule has 0 fully saturated rings. The Morgan fingerprint density at radius 3 is 2.32 bits per heavy atom. The van der Waals surface area contributed by atoms with Gasteiger partial charge in [0.25, 0.3) is 0 Å². The van der Waals surface area contributed by atoms with Crippen molar-refractivity contribution in [1.82, 2.24) is 5.32 Å². The molecule has 2 aromatic carbocycles. The molecule has 150 valence electrons. The van der Waals surface area contributed by atoms with Gasteiger partial charge in [0, 0.05) is 6.54 Å². The third kappa shape index (κ3) is 5.81. The average Bonchev–Trinajstić information content (AvgIpc) is 2.64. The van der Waals surface area contributed by atoms with Gasteiger partial charge >= 0.3 is 0 Å². The lowest BCUT2D eigenvalue weighted by Crippen LogP contribution is -2.45. The van der Waals surface area contributed by atoms with Crippen LogP contribution in [0.15, 0.2) is 48.5 Å². The van der Waals surface area contributed by atoms with E-state index in [-0.39, 0.29) is 17.8 Å². The van der Waals surface area contributed by atoms with Gasteiger partial charge in [-0.05, 0) is 63.9 Å². The van der Waals surface area contributed by atoms with E-state index in [1.165, 1.54) is 12.1 Å². The van der Waals surface area contributed by atoms with Crippen molar-refractivity contribution in [2.75, 3.05) is 11.9 Å². The predicted octanol–water partition coefficient (Wildman–Crippen LogP) is 3.94. The number of carbonyl (C=O) groups is 2. The first-order chi connectivity index (χ1) is 13.2. The van der Waals surface area contributed by atoms with Gasteiger partial charge in [-0.2, -0.15) is 0 Å². The second-order valence-corrected chi connectivity index (χ2v) is 7.37. The molecule has 0 bridgehead atoms. The van der Waals surface area contributed by atoms with Crippen LogP contribution in [0.25, 0.3) is 0 Å². The topological polar surface area (TPSA) is 67.4 Å². The second-order valence-electron chi connectivity index (χ2n) is 7.37. The Hall–Kier alpha value is -2.89. The van der Waals surface area contributed by atoms with Crippen LogP contribution in [0.5, 0.6) is 5.75 Å². The van der Waals surface area contributed by atoms with Gasteiger partial charge in [-0.15, -0.1) is 0 Å². The Morgan fingerprint density at radius 1 is 1.04 bits per heavy atom. The first-order valence-corrected chi connectivity index (χ1v) is 9.30. The van der Waals surface area contributed by atoms with Crippen LogP contribution in [0.3, 0.4) is 0 Å². The molecular formula is C22H27FN2O3. The zero-order chi connectivity index (χ0) is 20.7. The highest BCUT2D eigenvalue weighted by molar-refractivity contribution is 6.10. The van der Waals surface area contributed by atoms with Crippen LogP contribution in [0.4, 0.5) is 10.1 Å². The van der Waals surface area contributed by atoms with Crippen molar-refractivity contribution in [3.63, 3.8) is 0 Å². The Labute approximate surface area is 165 Å². The van der Waals surface area contributed by atoms with Gasteiger partial charge < -0.3 is 15.4 Å². The largest absolute Gasteiger partial charge is 0.489 e. The molecule has 0 atom stereocenters. The van der Waals surface area contributed by atoms with Gasteiger partial charge in [0.05, 0.1) is 11.8 Å². The quantitative estimate of drug-likeness (QED) is 0.676. The van der Waals surface area contributed by atoms with Crippen molar-refractivity contribution in [3.8, 4) is 5.75 Å². The van der Waals surface area contributed by atoms with Gasteiger partial charge in [0.15, 0.2) is 0 Å². The highest BCUT2D eigenvalue weighted by Gasteiger charge is 2.36. The molecule has 0 aliphatic heterocycles. The number of hydrogen-bond acceptors (Lipinski definition) is 3. The summed E-state index contributed by atoms with van der Waals surface area (Å²) in [5.74, 6) is -0.549. The third-order valence-electron chi connectivity index (χ3n) is 4.25. The van der Waals surface area contributed by atoms with E-state index in [4.69, 9.17) is 4.74 Å². The van der Waals surface area contributed by atoms with Crippen molar-refractivity contribution < 1.29 is 18.7 Å². The van der Waals surface area contributed by atoms with E-state index in [9.17, 15) is 14.0 Å². The normalized spacial score (nSPS) is 11.2. The summed E-state index contributed by atoms with van der Waals surface area (Å²) in [6, 6.07) is 13.2. The van der Waals surface area contributed by atoms with Crippen molar-refractivity contribution >= 4 is 17.5 Å². The fourth-order valence-electron chi connectivity index (χ4n) is 2.50. The summed E-state index contributed by atoms with van der Waals surface area (Å²) in [7, 11) is 0. The Kier molecular flexibility index (Phi) is 7.15. The molecule has 2 rings (SSSR count). The zero-order valence-electron chi connectivity index (χ0n) is 16.7. The molecule has 0 radical (unpaired) electrons. The molecule has 0 saturated heterocycles. The van der Waals surface area contributed by atoms with Crippen molar-refractivity contribution in [2.24, 2.45) is 5.41 Å². The molecule has 0 aromatic heterocycles. The summed E-state index contributed by atoms with van der Waals surface area (Å²) in [5, 5.41) is 5.56. The maximum atomic E-state index is 12.9. The first-order valence-electron chi connectivity index (χ1n) is 9.30. The lowest BCUT2D eigenvalue weighted by molar-refractivity contribution is -0.138. The lowest BCUT2D eigenvalue weighted by atomic mass is 9.90. The SMILES string of the molecule is CC(C)Oc1ccccc1NC(=O)C(C)(C)C(=O)NCCc1ccc(F)cc1. The smallest absolute Gasteiger partial charge is 0.239 e. The Balaban J connectivity index is 1.96. The molecule has 2 N–H and O–H groups in total. The maximum Gasteiger partial charge on any atom is 0.239 e. The van der Waals surface area contributed by atoms with Gasteiger partial charge in [-0.1, -0.05) is 24.3 Å². The molecule has 2 amide bonds. The summed E-state index contributed by atoms with van der Waals surface area (Å²) in [6.07, 6.45) is 0.509. The van der Waals surface area contributed by atoms with Crippen molar-refractivity contribution in [3.05, 3.63) is 59.9 Å². The molecule has 28 heavy (non-hydrogen) atoms. The molecular weight excluding hydrogens is 359 g/mol. The number of ether oxygens (including phenoxy) is 1. The van der Waals surface area contributed by atoms with Gasteiger partial charge in [-0.3, -0.25) is 9.59 Å². The summed E-state index contributed by atoms with van der Waals surface area (Å²) < 4.78 is 18.6. The summed E-state index contributed by atoms with van der Waals surface area (Å²) in [4.78, 5) is 25.3. The van der Waals surface area contributed by atoms with E-state index < -0.39 is 11.3 Å². The van der Waals surface area contributed by atoms with E-state index >= 15 is 0 Å². The van der Waals surface area contributed by atoms with Crippen molar-refractivity contribution in [1.29, 1.82) is 0 Å². The average molecular weight is 386 g/mol. The van der Waals surface area contributed by atoms with E-state index in [0.717, 1.165) is 5.56 Å². The minimum atomic E-state index is -1.27. The predicted molar refractivity (Wildman–Crippen MR) is 108 cm³/mol. The molecule has 0 aliphatic rings. The number of carbonyl (C=O) groups excluding carboxylic acids is 2. The number of para-hydroxylation sites is 2. The summed E-state index contributed by atoms with van der Waals surface area (Å²) >= 11 is 0. The molecule has 0 aliphatic carbocycles. The maximum absolute atomic E-state index is 12.9. The molecule has 5 nitrogen and oxygen atoms in total. The highest BCUT2D eigenvalue weighted by atomic mass is 19.1. The molecule has 0 spiro atoms. The first kappa shape index (κ1) is 21.4. The number of nitrogens with one attached hydrogen (secondary N) is 2. The number of anilines is 1. The molecule has 0 heterocycles. The van der Waals surface area contributed by atoms with E-state index in [2.05, 4.69) is 10.6 Å². The monoisotopic (exact) mass is 386 g/mol. The summed E-state index contributed by atoms with van der Waals surface area (Å²) in [6.45, 7) is 7.30. The number of rotatable bonds is 8. The molecule has 2 aromatic rings. The van der Waals surface area contributed by atoms with E-state index in [1.54, 1.807) is 44.2 Å². The Morgan fingerprint density at radius 2 is 1.68 bits per heavy atom. The van der Waals surface area contributed by atoms with Crippen LogP contribution in [-0.2, 0) is 16.0 Å². The van der Waals surface area contributed by atoms with Gasteiger partial charge in [0.1, 0.15) is 17.0 Å². The van der Waals surface area contributed by atoms with Crippen LogP contribution < -0.4 is 15.4 Å². The van der Waals surface area contributed by atoms with E-state index in [1.807, 2.05) is 19.9 Å². The number of hydrogen-bond donors (Lipinski definition) is 2. The molecule has 6 heteroatoms. The number of halogens is 1. The highest BCUT2D eigenvalue weighted by Crippen LogP contribution is 2.27. The van der Waals surface area contributed by atoms with Crippen LogP contribution in [0.1, 0.15) is 33.3 Å². The summed E-state index contributed by atoms with van der Waals surface area (Å²) in [5.41, 5.74) is 0.158. The fourth-order valence-corrected chi connectivity index (χ4v) is 2.50. The second kappa shape index (κ2) is 9.35. The third-order valence-corrected chi connectivity index (χ3v) is 4.25. The Bertz CT molecular complexity index is 817. The van der Waals surface area contributed by atoms with Crippen LogP contribution in [-0.4, -0.2) is 24.5 Å². The van der Waals surface area contributed by atoms with Crippen molar-refractivity contribution in [2.45, 2.75) is 40.2 Å². The van der Waals surface area contributed by atoms with Gasteiger partial charge in [-0.25, -0.2) is 4.39 Å². The van der Waals surface area contributed by atoms with E-state index in [0.29, 0.717) is 24.4 Å². The van der Waals surface area contributed by atoms with Crippen LogP contribution in [0, 0.1) is 11.2 Å². The molecule has 0 unspecified atom stereocenters. The van der Waals surface area contributed by atoms with Crippen LogP contribution >= 0.6 is 0 Å². The minimum absolute atomic E-state index is 0.0409. The van der Waals surface area contributed by atoms with Crippen LogP contribution in [0.2, 0.25) is 0 Å². The standard InChI is InChI=1S/C22H27FN2O3/c1-15(2)28-19-8-6-5-7-18(19)25-21(27)22(3,4)20(26)24-14-13-16-9-11-17(23)12-10-16/h5-12,15H,13-14H2,1-4H3,(H,24,26)(H,25,27). The minimum Gasteiger partial charge on any atom is -0.489 e. The number of benzene rings is 2. The molecule has 0 saturated carbocycles. The zero-order valence-corrected chi connectivity index (χ0v) is 16.7. The lowest BCUT2D eigenvalue weighted by Gasteiger charge is -2.24. The fraction of sp³-hybridized carbons (Fsp3) is 0.364.